The number of Topliss-reactive ketones (excluding diaryl/α,β-unsaturated/α-hetero) is 1. The second-order valence-electron chi connectivity index (χ2n) is 7.89. The summed E-state index contributed by atoms with van der Waals surface area (Å²) in [5.41, 5.74) is -0.922. The van der Waals surface area contributed by atoms with E-state index in [1.807, 2.05) is 4.90 Å². The molecule has 3 fully saturated rings. The fraction of sp³-hybridized carbons (Fsp3) is 0.875. The predicted octanol–water partition coefficient (Wildman–Crippen LogP) is 0.129. The van der Waals surface area contributed by atoms with Crippen LogP contribution in [0.3, 0.4) is 0 Å². The molecule has 1 N–H and O–H groups in total. The van der Waals surface area contributed by atoms with Gasteiger partial charge in [-0.2, -0.15) is 0 Å². The number of hydrogen-bond donors (Lipinski definition) is 1. The van der Waals surface area contributed by atoms with Crippen LogP contribution in [0.2, 0.25) is 0 Å². The Bertz CT molecular complexity index is 465. The number of quaternary nitrogens is 1. The van der Waals surface area contributed by atoms with Crippen molar-refractivity contribution in [1.82, 2.24) is 4.90 Å². The van der Waals surface area contributed by atoms with Crippen LogP contribution in [0.15, 0.2) is 0 Å². The average molecular weight is 279 g/mol. The lowest BCUT2D eigenvalue weighted by Crippen LogP contribution is -3.12. The molecule has 2 aliphatic carbocycles. The minimum absolute atomic E-state index is 0.204. The van der Waals surface area contributed by atoms with E-state index in [-0.39, 0.29) is 16.7 Å². The van der Waals surface area contributed by atoms with Crippen LogP contribution in [-0.4, -0.2) is 49.8 Å². The fourth-order valence-corrected chi connectivity index (χ4v) is 4.73. The van der Waals surface area contributed by atoms with Crippen molar-refractivity contribution in [2.75, 3.05) is 33.2 Å². The van der Waals surface area contributed by atoms with Gasteiger partial charge in [0.05, 0.1) is 38.6 Å². The Morgan fingerprint density at radius 2 is 1.75 bits per heavy atom. The first-order valence-corrected chi connectivity index (χ1v) is 7.89. The summed E-state index contributed by atoms with van der Waals surface area (Å²) in [6, 6.07) is 0. The van der Waals surface area contributed by atoms with Gasteiger partial charge in [0.2, 0.25) is 5.91 Å². The number of likely N-dealkylation sites (N-methyl/N-ethyl adjacent to an activating group) is 1. The van der Waals surface area contributed by atoms with Gasteiger partial charge >= 0.3 is 0 Å². The van der Waals surface area contributed by atoms with Crippen LogP contribution in [0.5, 0.6) is 0 Å². The summed E-state index contributed by atoms with van der Waals surface area (Å²) in [7, 11) is 2.18. The summed E-state index contributed by atoms with van der Waals surface area (Å²) in [5.74, 6) is 0.562. The van der Waals surface area contributed by atoms with E-state index < -0.39 is 5.41 Å². The molecule has 2 bridgehead atoms. The van der Waals surface area contributed by atoms with Crippen molar-refractivity contribution >= 4 is 11.7 Å². The van der Waals surface area contributed by atoms with Crippen molar-refractivity contribution in [2.24, 2.45) is 16.2 Å². The van der Waals surface area contributed by atoms with Gasteiger partial charge in [0, 0.05) is 11.8 Å². The van der Waals surface area contributed by atoms with E-state index in [4.69, 9.17) is 0 Å². The number of nitrogens with one attached hydrogen (secondary N) is 1. The van der Waals surface area contributed by atoms with Gasteiger partial charge in [0.15, 0.2) is 0 Å². The van der Waals surface area contributed by atoms with Crippen LogP contribution in [-0.2, 0) is 9.59 Å². The summed E-state index contributed by atoms with van der Waals surface area (Å²) in [6.45, 7) is 10.1. The smallest absolute Gasteiger partial charge is 0.230 e. The van der Waals surface area contributed by atoms with Gasteiger partial charge in [-0.1, -0.05) is 20.8 Å². The minimum Gasteiger partial charge on any atom is -0.334 e. The van der Waals surface area contributed by atoms with Crippen LogP contribution < -0.4 is 4.90 Å². The molecule has 2 atom stereocenters. The Kier molecular flexibility index (Phi) is 2.85. The number of nitrogens with zero attached hydrogens (tertiary/aromatic N) is 1. The molecule has 1 aliphatic heterocycles. The first kappa shape index (κ1) is 14.1. The zero-order valence-corrected chi connectivity index (χ0v) is 13.2. The summed E-state index contributed by atoms with van der Waals surface area (Å²) < 4.78 is 0. The van der Waals surface area contributed by atoms with Crippen molar-refractivity contribution in [3.8, 4) is 0 Å². The molecule has 112 valence electrons. The monoisotopic (exact) mass is 279 g/mol. The molecule has 0 aromatic carbocycles. The Hall–Kier alpha value is -0.900. The fourth-order valence-electron chi connectivity index (χ4n) is 4.73. The van der Waals surface area contributed by atoms with Crippen molar-refractivity contribution in [1.29, 1.82) is 0 Å². The van der Waals surface area contributed by atoms with Crippen LogP contribution >= 0.6 is 0 Å². The number of piperazine rings is 1. The van der Waals surface area contributed by atoms with Crippen molar-refractivity contribution in [3.63, 3.8) is 0 Å². The molecule has 4 nitrogen and oxygen atoms in total. The van der Waals surface area contributed by atoms with E-state index in [9.17, 15) is 9.59 Å². The van der Waals surface area contributed by atoms with Crippen molar-refractivity contribution < 1.29 is 14.5 Å². The molecular weight excluding hydrogens is 252 g/mol. The number of rotatable bonds is 1. The second kappa shape index (κ2) is 4.06. The van der Waals surface area contributed by atoms with E-state index in [1.165, 1.54) is 4.90 Å². The summed E-state index contributed by atoms with van der Waals surface area (Å²) in [4.78, 5) is 29.1. The van der Waals surface area contributed by atoms with Gasteiger partial charge < -0.3 is 9.80 Å². The van der Waals surface area contributed by atoms with Gasteiger partial charge in [-0.25, -0.2) is 0 Å². The number of carbonyl (C=O) groups excluding carboxylic acids is 2. The van der Waals surface area contributed by atoms with Crippen molar-refractivity contribution in [3.05, 3.63) is 0 Å². The molecule has 3 aliphatic rings. The van der Waals surface area contributed by atoms with Crippen molar-refractivity contribution in [2.45, 2.75) is 40.0 Å². The highest BCUT2D eigenvalue weighted by molar-refractivity contribution is 5.99. The zero-order valence-electron chi connectivity index (χ0n) is 13.2. The average Bonchev–Trinajstić information content (AvgIpc) is 2.69. The van der Waals surface area contributed by atoms with E-state index in [0.717, 1.165) is 39.0 Å². The third-order valence-corrected chi connectivity index (χ3v) is 7.02. The molecule has 1 amide bonds. The number of amides is 1. The number of ketones is 1. The topological polar surface area (TPSA) is 41.8 Å². The predicted molar refractivity (Wildman–Crippen MR) is 76.4 cm³/mol. The standard InChI is InChI=1S/C16H26N2O2/c1-14(2)15(3)5-6-16(14,11-12(15)19)13(20)18-9-7-17(4)8-10-18/h5-11H2,1-4H3/p+1/t15-,16+/m0/s1. The molecule has 0 aromatic heterocycles. The third-order valence-electron chi connectivity index (χ3n) is 7.02. The summed E-state index contributed by atoms with van der Waals surface area (Å²) in [6.07, 6.45) is 2.23. The Morgan fingerprint density at radius 3 is 2.20 bits per heavy atom. The Morgan fingerprint density at radius 1 is 1.15 bits per heavy atom. The first-order valence-electron chi connectivity index (χ1n) is 7.89. The third kappa shape index (κ3) is 1.46. The maximum Gasteiger partial charge on any atom is 0.230 e. The quantitative estimate of drug-likeness (QED) is 0.741. The van der Waals surface area contributed by atoms with Gasteiger partial charge in [-0.3, -0.25) is 9.59 Å². The van der Waals surface area contributed by atoms with Crippen LogP contribution in [0.1, 0.15) is 40.0 Å². The van der Waals surface area contributed by atoms with Gasteiger partial charge in [-0.15, -0.1) is 0 Å². The second-order valence-corrected chi connectivity index (χ2v) is 7.89. The highest BCUT2D eigenvalue weighted by atomic mass is 16.2. The van der Waals surface area contributed by atoms with Crippen LogP contribution in [0, 0.1) is 16.2 Å². The number of carbonyl (C=O) groups is 2. The van der Waals surface area contributed by atoms with Gasteiger partial charge in [0.25, 0.3) is 0 Å². The Balaban J connectivity index is 1.90. The van der Waals surface area contributed by atoms with E-state index in [0.29, 0.717) is 12.2 Å². The minimum atomic E-state index is -0.427. The lowest BCUT2D eigenvalue weighted by Gasteiger charge is -2.42. The lowest BCUT2D eigenvalue weighted by molar-refractivity contribution is -0.883. The van der Waals surface area contributed by atoms with Crippen LogP contribution in [0.25, 0.3) is 0 Å². The molecule has 0 unspecified atom stereocenters. The molecule has 2 saturated carbocycles. The summed E-state index contributed by atoms with van der Waals surface area (Å²) >= 11 is 0. The summed E-state index contributed by atoms with van der Waals surface area (Å²) in [5, 5.41) is 0. The highest BCUT2D eigenvalue weighted by Crippen LogP contribution is 2.70. The molecule has 20 heavy (non-hydrogen) atoms. The molecule has 0 radical (unpaired) electrons. The molecule has 0 spiro atoms. The first-order chi connectivity index (χ1) is 9.24. The van der Waals surface area contributed by atoms with Gasteiger partial charge in [0.1, 0.15) is 5.78 Å². The normalized spacial score (nSPS) is 40.4. The molecule has 1 saturated heterocycles. The molecule has 3 rings (SSSR count). The van der Waals surface area contributed by atoms with E-state index >= 15 is 0 Å². The van der Waals surface area contributed by atoms with Crippen LogP contribution in [0.4, 0.5) is 0 Å². The maximum absolute atomic E-state index is 13.2. The number of hydrogen-bond acceptors (Lipinski definition) is 2. The SMILES string of the molecule is C[NH+]1CCN(C(=O)[C@@]23CC[C@@](C)(C(=O)C2)C3(C)C)CC1. The lowest BCUT2D eigenvalue weighted by atomic mass is 9.64. The largest absolute Gasteiger partial charge is 0.334 e. The molecule has 1 heterocycles. The maximum atomic E-state index is 13.2. The number of fused-ring (bicyclic) bond motifs is 2. The Labute approximate surface area is 121 Å². The molecule has 4 heteroatoms. The molecule has 0 aromatic rings. The van der Waals surface area contributed by atoms with E-state index in [2.05, 4.69) is 27.8 Å². The highest BCUT2D eigenvalue weighted by Gasteiger charge is 2.73. The molecular formula is C16H27N2O2+. The zero-order chi connectivity index (χ0) is 14.8. The van der Waals surface area contributed by atoms with Gasteiger partial charge in [-0.05, 0) is 18.3 Å². The van der Waals surface area contributed by atoms with E-state index in [1.54, 1.807) is 0 Å².